The van der Waals surface area contributed by atoms with E-state index in [1.807, 2.05) is 26.8 Å². The first-order valence-corrected chi connectivity index (χ1v) is 5.10. The van der Waals surface area contributed by atoms with Crippen molar-refractivity contribution in [3.8, 4) is 0 Å². The van der Waals surface area contributed by atoms with Gasteiger partial charge in [-0.05, 0) is 38.5 Å². The Hall–Kier alpha value is -1.62. The first kappa shape index (κ1) is 12.4. The van der Waals surface area contributed by atoms with E-state index in [0.717, 1.165) is 5.56 Å². The molecule has 0 aliphatic carbocycles. The molecule has 4 N–H and O–H groups in total. The average molecular weight is 224 g/mol. The lowest BCUT2D eigenvalue weighted by Gasteiger charge is -2.11. The smallest absolute Gasteiger partial charge is 0.210 e. The molecule has 1 aromatic carbocycles. The maximum atomic E-state index is 13.5. The van der Waals surface area contributed by atoms with Gasteiger partial charge in [-0.3, -0.25) is 5.43 Å². The lowest BCUT2D eigenvalue weighted by atomic mass is 10.2. The number of hydrogen-bond donors (Lipinski definition) is 3. The van der Waals surface area contributed by atoms with Gasteiger partial charge in [0.15, 0.2) is 0 Å². The van der Waals surface area contributed by atoms with Crippen molar-refractivity contribution < 1.29 is 4.39 Å². The van der Waals surface area contributed by atoms with Crippen LogP contribution in [0.15, 0.2) is 23.2 Å². The highest BCUT2D eigenvalue weighted by Crippen LogP contribution is 2.14. The van der Waals surface area contributed by atoms with Crippen LogP contribution in [0.2, 0.25) is 0 Å². The highest BCUT2D eigenvalue weighted by atomic mass is 19.1. The molecule has 16 heavy (non-hydrogen) atoms. The van der Waals surface area contributed by atoms with Crippen LogP contribution in [0.25, 0.3) is 0 Å². The average Bonchev–Trinajstić information content (AvgIpc) is 2.20. The van der Waals surface area contributed by atoms with E-state index in [-0.39, 0.29) is 11.9 Å². The Labute approximate surface area is 94.7 Å². The van der Waals surface area contributed by atoms with Gasteiger partial charge in [-0.25, -0.2) is 15.2 Å². The van der Waals surface area contributed by atoms with Crippen LogP contribution in [0.5, 0.6) is 0 Å². The van der Waals surface area contributed by atoms with Gasteiger partial charge < -0.3 is 5.32 Å². The number of nitrogens with zero attached hydrogens (tertiary/aromatic N) is 1. The molecule has 0 aromatic heterocycles. The normalized spacial score (nSPS) is 11.8. The Balaban J connectivity index is 2.86. The molecule has 1 aromatic rings. The summed E-state index contributed by atoms with van der Waals surface area (Å²) in [6.45, 7) is 5.65. The largest absolute Gasteiger partial charge is 0.323 e. The molecule has 0 unspecified atom stereocenters. The van der Waals surface area contributed by atoms with E-state index in [0.29, 0.717) is 11.6 Å². The van der Waals surface area contributed by atoms with Crippen molar-refractivity contribution in [1.29, 1.82) is 0 Å². The predicted octanol–water partition coefficient (Wildman–Crippen LogP) is 1.77. The maximum absolute atomic E-state index is 13.5. The van der Waals surface area contributed by atoms with Gasteiger partial charge in [0.05, 0.1) is 5.69 Å². The quantitative estimate of drug-likeness (QED) is 0.310. The maximum Gasteiger partial charge on any atom is 0.210 e. The van der Waals surface area contributed by atoms with Gasteiger partial charge in [0, 0.05) is 6.04 Å². The van der Waals surface area contributed by atoms with E-state index in [1.165, 1.54) is 6.07 Å². The number of rotatable bonds is 2. The molecule has 0 bridgehead atoms. The number of benzene rings is 1. The third-order valence-corrected chi connectivity index (χ3v) is 1.90. The Morgan fingerprint density at radius 1 is 1.44 bits per heavy atom. The summed E-state index contributed by atoms with van der Waals surface area (Å²) in [6.07, 6.45) is 0. The number of guanidine groups is 1. The molecular formula is C11H17FN4. The minimum Gasteiger partial charge on any atom is -0.323 e. The minimum atomic E-state index is -0.327. The monoisotopic (exact) mass is 224 g/mol. The molecule has 5 heteroatoms. The summed E-state index contributed by atoms with van der Waals surface area (Å²) in [4.78, 5) is 4.16. The van der Waals surface area contributed by atoms with Crippen LogP contribution in [0.4, 0.5) is 10.1 Å². The molecule has 1 rings (SSSR count). The van der Waals surface area contributed by atoms with Gasteiger partial charge in [0.2, 0.25) is 5.96 Å². The highest BCUT2D eigenvalue weighted by molar-refractivity contribution is 5.93. The third kappa shape index (κ3) is 3.51. The molecule has 0 aliphatic heterocycles. The Morgan fingerprint density at radius 3 is 2.62 bits per heavy atom. The first-order valence-electron chi connectivity index (χ1n) is 5.10. The summed E-state index contributed by atoms with van der Waals surface area (Å²) in [6, 6.07) is 4.99. The van der Waals surface area contributed by atoms with Crippen LogP contribution in [-0.4, -0.2) is 12.0 Å². The molecule has 0 amide bonds. The summed E-state index contributed by atoms with van der Waals surface area (Å²) in [5.41, 5.74) is 3.61. The molecule has 0 aliphatic rings. The SMILES string of the molecule is Cc1ccc(NC(=NC(C)C)NN)c(F)c1. The lowest BCUT2D eigenvalue weighted by Crippen LogP contribution is -2.37. The number of aryl methyl sites for hydroxylation is 1. The Bertz CT molecular complexity index is 388. The van der Waals surface area contributed by atoms with Crippen LogP contribution in [-0.2, 0) is 0 Å². The lowest BCUT2D eigenvalue weighted by molar-refractivity contribution is 0.630. The number of hydrogen-bond acceptors (Lipinski definition) is 2. The molecule has 0 saturated carbocycles. The van der Waals surface area contributed by atoms with Crippen LogP contribution in [0, 0.1) is 12.7 Å². The molecule has 88 valence electrons. The summed E-state index contributed by atoms with van der Waals surface area (Å²) < 4.78 is 13.5. The van der Waals surface area contributed by atoms with Crippen LogP contribution >= 0.6 is 0 Å². The van der Waals surface area contributed by atoms with Crippen molar-refractivity contribution in [1.82, 2.24) is 5.43 Å². The molecule has 0 heterocycles. The molecule has 0 radical (unpaired) electrons. The predicted molar refractivity (Wildman–Crippen MR) is 64.7 cm³/mol. The van der Waals surface area contributed by atoms with Crippen molar-refractivity contribution in [2.45, 2.75) is 26.8 Å². The minimum absolute atomic E-state index is 0.0760. The standard InChI is InChI=1S/C11H17FN4/c1-7(2)14-11(16-13)15-10-5-4-8(3)6-9(10)12/h4-7H,13H2,1-3H3,(H2,14,15,16). The van der Waals surface area contributed by atoms with Gasteiger partial charge in [-0.2, -0.15) is 0 Å². The number of nitrogens with two attached hydrogens (primary N) is 1. The number of nitrogens with one attached hydrogen (secondary N) is 2. The van der Waals surface area contributed by atoms with E-state index in [4.69, 9.17) is 5.84 Å². The molecule has 4 nitrogen and oxygen atoms in total. The highest BCUT2D eigenvalue weighted by Gasteiger charge is 2.04. The van der Waals surface area contributed by atoms with Gasteiger partial charge in [-0.1, -0.05) is 6.07 Å². The number of hydrazine groups is 1. The first-order chi connectivity index (χ1) is 7.52. The second-order valence-electron chi connectivity index (χ2n) is 3.82. The topological polar surface area (TPSA) is 62.4 Å². The van der Waals surface area contributed by atoms with Gasteiger partial charge in [0.25, 0.3) is 0 Å². The van der Waals surface area contributed by atoms with Crippen LogP contribution in [0.1, 0.15) is 19.4 Å². The van der Waals surface area contributed by atoms with Crippen molar-refractivity contribution in [3.05, 3.63) is 29.6 Å². The van der Waals surface area contributed by atoms with Crippen LogP contribution < -0.4 is 16.6 Å². The summed E-state index contributed by atoms with van der Waals surface area (Å²) in [5.74, 6) is 5.30. The van der Waals surface area contributed by atoms with Gasteiger partial charge in [0.1, 0.15) is 5.82 Å². The second kappa shape index (κ2) is 5.46. The fourth-order valence-corrected chi connectivity index (χ4v) is 1.21. The molecule has 0 atom stereocenters. The molecule has 0 spiro atoms. The van der Waals surface area contributed by atoms with Gasteiger partial charge in [-0.15, -0.1) is 0 Å². The number of halogens is 1. The fraction of sp³-hybridized carbons (Fsp3) is 0.364. The number of aliphatic imine (C=N–C) groups is 1. The molecule has 0 saturated heterocycles. The zero-order chi connectivity index (χ0) is 12.1. The van der Waals surface area contributed by atoms with Crippen molar-refractivity contribution in [3.63, 3.8) is 0 Å². The van der Waals surface area contributed by atoms with Crippen LogP contribution in [0.3, 0.4) is 0 Å². The van der Waals surface area contributed by atoms with Crippen molar-refractivity contribution >= 4 is 11.6 Å². The van der Waals surface area contributed by atoms with E-state index in [1.54, 1.807) is 6.07 Å². The zero-order valence-corrected chi connectivity index (χ0v) is 9.71. The van der Waals surface area contributed by atoms with E-state index in [2.05, 4.69) is 15.7 Å². The fourth-order valence-electron chi connectivity index (χ4n) is 1.21. The second-order valence-corrected chi connectivity index (χ2v) is 3.82. The van der Waals surface area contributed by atoms with E-state index < -0.39 is 0 Å². The number of anilines is 1. The summed E-state index contributed by atoms with van der Waals surface area (Å²) in [5, 5.41) is 2.79. The summed E-state index contributed by atoms with van der Waals surface area (Å²) >= 11 is 0. The molecule has 0 fully saturated rings. The molecular weight excluding hydrogens is 207 g/mol. The van der Waals surface area contributed by atoms with E-state index >= 15 is 0 Å². The van der Waals surface area contributed by atoms with Gasteiger partial charge >= 0.3 is 0 Å². The Kier molecular flexibility index (Phi) is 4.25. The summed E-state index contributed by atoms with van der Waals surface area (Å²) in [7, 11) is 0. The third-order valence-electron chi connectivity index (χ3n) is 1.90. The van der Waals surface area contributed by atoms with E-state index in [9.17, 15) is 4.39 Å². The van der Waals surface area contributed by atoms with Crippen molar-refractivity contribution in [2.75, 3.05) is 5.32 Å². The zero-order valence-electron chi connectivity index (χ0n) is 9.71. The van der Waals surface area contributed by atoms with Crippen molar-refractivity contribution in [2.24, 2.45) is 10.8 Å². The Morgan fingerprint density at radius 2 is 2.12 bits per heavy atom.